The van der Waals surface area contributed by atoms with Crippen molar-refractivity contribution in [2.45, 2.75) is 70.8 Å². The van der Waals surface area contributed by atoms with Crippen LogP contribution in [0.3, 0.4) is 0 Å². The van der Waals surface area contributed by atoms with Gasteiger partial charge in [0.25, 0.3) is 0 Å². The number of hydrogen-bond acceptors (Lipinski definition) is 1. The number of alkyl halides is 1. The van der Waals surface area contributed by atoms with Gasteiger partial charge in [0.05, 0.1) is 5.41 Å². The van der Waals surface area contributed by atoms with E-state index < -0.39 is 0 Å². The fourth-order valence-electron chi connectivity index (χ4n) is 6.72. The van der Waals surface area contributed by atoms with Gasteiger partial charge in [-0.2, -0.15) is 0 Å². The van der Waals surface area contributed by atoms with Gasteiger partial charge in [0.15, 0.2) is 0 Å². The Morgan fingerprint density at radius 1 is 1.19 bits per heavy atom. The molecule has 5 aliphatic carbocycles. The Kier molecular flexibility index (Phi) is 3.33. The van der Waals surface area contributed by atoms with Gasteiger partial charge in [-0.05, 0) is 74.5 Å². The smallest absolute Gasteiger partial charge is 0.226 e. The second-order valence-electron chi connectivity index (χ2n) is 8.98. The largest absolute Gasteiger partial charge is 0.353 e. The molecule has 4 atom stereocenters. The molecule has 5 fully saturated rings. The highest BCUT2D eigenvalue weighted by molar-refractivity contribution is 6.18. The predicted octanol–water partition coefficient (Wildman–Crippen LogP) is 4.12. The zero-order chi connectivity index (χ0) is 14.7. The first-order chi connectivity index (χ1) is 10.0. The number of carbonyl (C=O) groups excluding carboxylic acids is 1. The normalized spacial score (nSPS) is 51.3. The Labute approximate surface area is 133 Å². The fourth-order valence-corrected chi connectivity index (χ4v) is 7.09. The summed E-state index contributed by atoms with van der Waals surface area (Å²) in [7, 11) is 0. The third-order valence-corrected chi connectivity index (χ3v) is 7.41. The second kappa shape index (κ2) is 4.88. The van der Waals surface area contributed by atoms with E-state index in [-0.39, 0.29) is 5.41 Å². The Morgan fingerprint density at radius 2 is 1.90 bits per heavy atom. The van der Waals surface area contributed by atoms with Crippen LogP contribution in [0, 0.1) is 28.6 Å². The van der Waals surface area contributed by atoms with Crippen LogP contribution < -0.4 is 5.32 Å². The first-order valence-electron chi connectivity index (χ1n) is 8.89. The van der Waals surface area contributed by atoms with Crippen molar-refractivity contribution < 1.29 is 4.79 Å². The van der Waals surface area contributed by atoms with E-state index in [1.54, 1.807) is 0 Å². The van der Waals surface area contributed by atoms with E-state index in [0.717, 1.165) is 37.5 Å². The number of hydrogen-bond donors (Lipinski definition) is 1. The maximum Gasteiger partial charge on any atom is 0.226 e. The summed E-state index contributed by atoms with van der Waals surface area (Å²) in [4.78, 5) is 13.1. The lowest BCUT2D eigenvalue weighted by atomic mass is 9.44. The molecular formula is C18H28ClNO. The standard InChI is InChI=1S/C18H28ClNO/c1-17-6-12-5-13(7-17)9-18(8-12,11-17)16(21)20-15-4-2-3-14(15)10-19/h12-15H,2-11H2,1H3,(H,20,21). The molecule has 0 heterocycles. The SMILES string of the molecule is CC12CC3CC(C1)CC(C(=O)NC1CCCC1CCl)(C3)C2. The lowest BCUT2D eigenvalue weighted by molar-refractivity contribution is -0.156. The van der Waals surface area contributed by atoms with E-state index in [1.165, 1.54) is 32.1 Å². The van der Waals surface area contributed by atoms with Crippen molar-refractivity contribution in [3.63, 3.8) is 0 Å². The van der Waals surface area contributed by atoms with Crippen LogP contribution in [0.25, 0.3) is 0 Å². The van der Waals surface area contributed by atoms with Gasteiger partial charge in [0, 0.05) is 11.9 Å². The lowest BCUT2D eigenvalue weighted by Crippen LogP contribution is -2.58. The van der Waals surface area contributed by atoms with E-state index in [4.69, 9.17) is 11.6 Å². The minimum atomic E-state index is -0.0295. The molecule has 0 spiro atoms. The number of nitrogens with one attached hydrogen (secondary N) is 1. The molecule has 3 heteroatoms. The summed E-state index contributed by atoms with van der Waals surface area (Å²) < 4.78 is 0. The lowest BCUT2D eigenvalue weighted by Gasteiger charge is -2.60. The molecule has 0 aliphatic heterocycles. The Bertz CT molecular complexity index is 434. The van der Waals surface area contributed by atoms with E-state index >= 15 is 0 Å². The summed E-state index contributed by atoms with van der Waals surface area (Å²) in [5.74, 6) is 3.20. The number of carbonyl (C=O) groups is 1. The molecule has 1 amide bonds. The second-order valence-corrected chi connectivity index (χ2v) is 9.29. The quantitative estimate of drug-likeness (QED) is 0.781. The van der Waals surface area contributed by atoms with Gasteiger partial charge < -0.3 is 5.32 Å². The molecule has 5 saturated carbocycles. The predicted molar refractivity (Wildman–Crippen MR) is 85.2 cm³/mol. The Balaban J connectivity index is 1.51. The van der Waals surface area contributed by atoms with E-state index in [0.29, 0.717) is 29.2 Å². The monoisotopic (exact) mass is 309 g/mol. The van der Waals surface area contributed by atoms with Crippen molar-refractivity contribution in [3.8, 4) is 0 Å². The minimum absolute atomic E-state index is 0.0295. The maximum absolute atomic E-state index is 13.1. The van der Waals surface area contributed by atoms with Crippen molar-refractivity contribution in [1.29, 1.82) is 0 Å². The van der Waals surface area contributed by atoms with Crippen LogP contribution in [0.2, 0.25) is 0 Å². The molecule has 4 bridgehead atoms. The summed E-state index contributed by atoms with van der Waals surface area (Å²) >= 11 is 6.08. The third kappa shape index (κ3) is 2.33. The minimum Gasteiger partial charge on any atom is -0.353 e. The summed E-state index contributed by atoms with van der Waals surface area (Å²) in [5.41, 5.74) is 0.418. The highest BCUT2D eigenvalue weighted by Crippen LogP contribution is 2.65. The summed E-state index contributed by atoms with van der Waals surface area (Å²) in [6.45, 7) is 2.43. The van der Waals surface area contributed by atoms with Crippen molar-refractivity contribution >= 4 is 17.5 Å². The molecule has 5 rings (SSSR count). The van der Waals surface area contributed by atoms with Gasteiger partial charge >= 0.3 is 0 Å². The zero-order valence-corrected chi connectivity index (χ0v) is 13.9. The van der Waals surface area contributed by atoms with Gasteiger partial charge in [-0.15, -0.1) is 11.6 Å². The van der Waals surface area contributed by atoms with E-state index in [9.17, 15) is 4.79 Å². The summed E-state index contributed by atoms with van der Waals surface area (Å²) in [5, 5.41) is 3.43. The van der Waals surface area contributed by atoms with E-state index in [1.807, 2.05) is 0 Å². The number of rotatable bonds is 3. The number of amides is 1. The average molecular weight is 310 g/mol. The van der Waals surface area contributed by atoms with Gasteiger partial charge in [-0.3, -0.25) is 4.79 Å². The van der Waals surface area contributed by atoms with Gasteiger partial charge in [-0.1, -0.05) is 13.3 Å². The average Bonchev–Trinajstić information content (AvgIpc) is 2.83. The first-order valence-corrected chi connectivity index (χ1v) is 9.42. The van der Waals surface area contributed by atoms with Crippen LogP contribution in [-0.2, 0) is 4.79 Å². The molecule has 2 nitrogen and oxygen atoms in total. The topological polar surface area (TPSA) is 29.1 Å². The first kappa shape index (κ1) is 14.4. The molecule has 0 aromatic carbocycles. The van der Waals surface area contributed by atoms with Crippen LogP contribution in [0.15, 0.2) is 0 Å². The van der Waals surface area contributed by atoms with E-state index in [2.05, 4.69) is 12.2 Å². The van der Waals surface area contributed by atoms with Crippen LogP contribution in [0.1, 0.15) is 64.7 Å². The molecule has 0 saturated heterocycles. The third-order valence-electron chi connectivity index (χ3n) is 7.01. The van der Waals surface area contributed by atoms with Crippen LogP contribution >= 0.6 is 11.6 Å². The highest BCUT2D eigenvalue weighted by Gasteiger charge is 2.59. The highest BCUT2D eigenvalue weighted by atomic mass is 35.5. The van der Waals surface area contributed by atoms with Crippen molar-refractivity contribution in [1.82, 2.24) is 5.32 Å². The van der Waals surface area contributed by atoms with Gasteiger partial charge in [0.1, 0.15) is 0 Å². The summed E-state index contributed by atoms with van der Waals surface area (Å²) in [6.07, 6.45) is 11.1. The molecule has 0 radical (unpaired) electrons. The van der Waals surface area contributed by atoms with Crippen molar-refractivity contribution in [2.24, 2.45) is 28.6 Å². The molecule has 21 heavy (non-hydrogen) atoms. The maximum atomic E-state index is 13.1. The molecule has 1 N–H and O–H groups in total. The molecular weight excluding hydrogens is 282 g/mol. The zero-order valence-electron chi connectivity index (χ0n) is 13.2. The summed E-state index contributed by atoms with van der Waals surface area (Å²) in [6, 6.07) is 0.343. The van der Waals surface area contributed by atoms with Crippen molar-refractivity contribution in [3.05, 3.63) is 0 Å². The Hall–Kier alpha value is -0.240. The number of halogens is 1. The molecule has 118 valence electrons. The van der Waals surface area contributed by atoms with Crippen LogP contribution in [0.4, 0.5) is 0 Å². The van der Waals surface area contributed by atoms with Crippen LogP contribution in [-0.4, -0.2) is 17.8 Å². The molecule has 0 aromatic rings. The van der Waals surface area contributed by atoms with Crippen molar-refractivity contribution in [2.75, 3.05) is 5.88 Å². The van der Waals surface area contributed by atoms with Gasteiger partial charge in [0.2, 0.25) is 5.91 Å². The Morgan fingerprint density at radius 3 is 2.52 bits per heavy atom. The van der Waals surface area contributed by atoms with Gasteiger partial charge in [-0.25, -0.2) is 0 Å². The van der Waals surface area contributed by atoms with Crippen LogP contribution in [0.5, 0.6) is 0 Å². The molecule has 0 aromatic heterocycles. The fraction of sp³-hybridized carbons (Fsp3) is 0.944. The molecule has 5 aliphatic rings. The molecule has 4 unspecified atom stereocenters.